The molecule has 6 nitrogen and oxygen atoms in total. The Kier molecular flexibility index (Phi) is 7.88. The van der Waals surface area contributed by atoms with Crippen molar-refractivity contribution >= 4 is 56.8 Å². The van der Waals surface area contributed by atoms with Crippen LogP contribution in [-0.4, -0.2) is 24.7 Å². The third kappa shape index (κ3) is 5.47. The van der Waals surface area contributed by atoms with E-state index < -0.39 is 5.92 Å². The lowest BCUT2D eigenvalue weighted by molar-refractivity contribution is -0.121. The Bertz CT molecular complexity index is 1140. The van der Waals surface area contributed by atoms with Crippen LogP contribution in [0.25, 0.3) is 0 Å². The molecule has 3 rings (SSSR count). The topological polar surface area (TPSA) is 91.2 Å². The minimum atomic E-state index is -0.446. The lowest BCUT2D eigenvalue weighted by atomic mass is 9.87. The third-order valence-electron chi connectivity index (χ3n) is 5.04. The molecule has 0 radical (unpaired) electrons. The zero-order valence-electron chi connectivity index (χ0n) is 17.7. The number of thioether (sulfide) groups is 1. The second kappa shape index (κ2) is 10.4. The number of ether oxygens (including phenoxy) is 1. The molecule has 0 aromatic heterocycles. The van der Waals surface area contributed by atoms with Crippen LogP contribution in [0.4, 0.5) is 5.69 Å². The van der Waals surface area contributed by atoms with Crippen molar-refractivity contribution in [1.82, 2.24) is 5.32 Å². The number of amides is 2. The first kappa shape index (κ1) is 24.2. The van der Waals surface area contributed by atoms with Crippen molar-refractivity contribution in [3.05, 3.63) is 67.1 Å². The Balaban J connectivity index is 1.80. The number of carbonyl (C=O) groups is 2. The van der Waals surface area contributed by atoms with E-state index in [0.717, 1.165) is 38.6 Å². The highest BCUT2D eigenvalue weighted by molar-refractivity contribution is 9.10. The van der Waals surface area contributed by atoms with Crippen molar-refractivity contribution in [1.29, 1.82) is 5.26 Å². The Morgan fingerprint density at radius 1 is 1.34 bits per heavy atom. The summed E-state index contributed by atoms with van der Waals surface area (Å²) in [5, 5.41) is 16.3. The minimum Gasteiger partial charge on any atom is -0.495 e. The average Bonchev–Trinajstić information content (AvgIpc) is 2.74. The molecule has 0 aliphatic carbocycles. The molecular formula is C23H21BrClN3O3S. The maximum absolute atomic E-state index is 12.6. The fourth-order valence-electron chi connectivity index (χ4n) is 3.54. The van der Waals surface area contributed by atoms with Gasteiger partial charge in [0.25, 0.3) is 0 Å². The minimum absolute atomic E-state index is 0.0474. The van der Waals surface area contributed by atoms with E-state index in [-0.39, 0.29) is 24.0 Å². The molecule has 2 N–H and O–H groups in total. The molecule has 1 heterocycles. The number of nitrogens with zero attached hydrogens (tertiary/aromatic N) is 1. The third-order valence-corrected chi connectivity index (χ3v) is 6.81. The fourth-order valence-corrected chi connectivity index (χ4v) is 5.37. The number of nitrogens with one attached hydrogen (secondary N) is 2. The van der Waals surface area contributed by atoms with Gasteiger partial charge in [0.15, 0.2) is 0 Å². The maximum Gasteiger partial charge on any atom is 0.234 e. The molecule has 0 saturated heterocycles. The molecule has 1 aliphatic rings. The van der Waals surface area contributed by atoms with Gasteiger partial charge in [0.05, 0.1) is 34.6 Å². The number of anilines is 1. The number of hydrogen-bond donors (Lipinski definition) is 2. The summed E-state index contributed by atoms with van der Waals surface area (Å²) in [4.78, 5) is 24.9. The van der Waals surface area contributed by atoms with Gasteiger partial charge in [-0.2, -0.15) is 5.26 Å². The highest BCUT2D eigenvalue weighted by Gasteiger charge is 2.30. The standard InChI is InChI=1S/C23H21BrClN3O3S/c1-12-6-15(24)7-13(2)22(12)27-21(30)11-32-23-17(10-26)16(9-20(29)28-23)14-4-5-19(31-3)18(25)8-14/h4-8,16H,9,11H2,1-3H3,(H,27,30)(H,28,29)/t16-/m0/s1. The van der Waals surface area contributed by atoms with E-state index in [1.807, 2.05) is 26.0 Å². The van der Waals surface area contributed by atoms with Crippen molar-refractivity contribution in [2.75, 3.05) is 18.2 Å². The number of aryl methyl sites for hydroxylation is 2. The van der Waals surface area contributed by atoms with Crippen molar-refractivity contribution < 1.29 is 14.3 Å². The predicted molar refractivity (Wildman–Crippen MR) is 131 cm³/mol. The van der Waals surface area contributed by atoms with Gasteiger partial charge >= 0.3 is 0 Å². The van der Waals surface area contributed by atoms with Gasteiger partial charge in [-0.25, -0.2) is 0 Å². The van der Waals surface area contributed by atoms with Crippen LogP contribution in [0.3, 0.4) is 0 Å². The predicted octanol–water partition coefficient (Wildman–Crippen LogP) is 5.44. The lowest BCUT2D eigenvalue weighted by Gasteiger charge is -2.25. The average molecular weight is 535 g/mol. The number of carbonyl (C=O) groups excluding carboxylic acids is 2. The van der Waals surface area contributed by atoms with Crippen LogP contribution >= 0.6 is 39.3 Å². The van der Waals surface area contributed by atoms with Crippen LogP contribution in [0.15, 0.2) is 45.4 Å². The Morgan fingerprint density at radius 2 is 2.03 bits per heavy atom. The second-order valence-corrected chi connectivity index (χ2v) is 9.61. The smallest absolute Gasteiger partial charge is 0.234 e. The van der Waals surface area contributed by atoms with Crippen LogP contribution in [0.5, 0.6) is 5.75 Å². The summed E-state index contributed by atoms with van der Waals surface area (Å²) < 4.78 is 6.12. The first-order valence-electron chi connectivity index (χ1n) is 9.70. The monoisotopic (exact) mass is 533 g/mol. The van der Waals surface area contributed by atoms with E-state index in [2.05, 4.69) is 32.6 Å². The molecule has 2 aromatic carbocycles. The van der Waals surface area contributed by atoms with Crippen molar-refractivity contribution in [2.45, 2.75) is 26.2 Å². The number of hydrogen-bond acceptors (Lipinski definition) is 5. The molecule has 1 atom stereocenters. The number of methoxy groups -OCH3 is 1. The van der Waals surface area contributed by atoms with Crippen LogP contribution in [-0.2, 0) is 9.59 Å². The van der Waals surface area contributed by atoms with E-state index >= 15 is 0 Å². The zero-order valence-corrected chi connectivity index (χ0v) is 20.9. The highest BCUT2D eigenvalue weighted by Crippen LogP contribution is 2.38. The molecule has 32 heavy (non-hydrogen) atoms. The van der Waals surface area contributed by atoms with Gasteiger partial charge < -0.3 is 15.4 Å². The molecule has 2 amide bonds. The summed E-state index contributed by atoms with van der Waals surface area (Å²) >= 11 is 10.8. The Hall–Kier alpha value is -2.47. The molecule has 166 valence electrons. The molecule has 1 aliphatic heterocycles. The number of allylic oxidation sites excluding steroid dienone is 1. The van der Waals surface area contributed by atoms with Gasteiger partial charge in [0.1, 0.15) is 5.75 Å². The summed E-state index contributed by atoms with van der Waals surface area (Å²) in [6.07, 6.45) is 0.124. The van der Waals surface area contributed by atoms with E-state index in [1.165, 1.54) is 7.11 Å². The molecule has 0 bridgehead atoms. The lowest BCUT2D eigenvalue weighted by Crippen LogP contribution is -2.31. The van der Waals surface area contributed by atoms with Crippen LogP contribution < -0.4 is 15.4 Å². The van der Waals surface area contributed by atoms with Crippen molar-refractivity contribution in [2.24, 2.45) is 0 Å². The molecule has 0 unspecified atom stereocenters. The number of nitriles is 1. The number of halogens is 2. The summed E-state index contributed by atoms with van der Waals surface area (Å²) in [5.41, 5.74) is 3.78. The molecule has 0 spiro atoms. The van der Waals surface area contributed by atoms with Gasteiger partial charge in [-0.15, -0.1) is 0 Å². The number of benzene rings is 2. The summed E-state index contributed by atoms with van der Waals surface area (Å²) in [6.45, 7) is 3.84. The first-order chi connectivity index (χ1) is 15.2. The van der Waals surface area contributed by atoms with E-state index in [1.54, 1.807) is 18.2 Å². The quantitative estimate of drug-likeness (QED) is 0.515. The highest BCUT2D eigenvalue weighted by atomic mass is 79.9. The largest absolute Gasteiger partial charge is 0.495 e. The van der Waals surface area contributed by atoms with Crippen molar-refractivity contribution in [3.8, 4) is 11.8 Å². The van der Waals surface area contributed by atoms with Crippen molar-refractivity contribution in [3.63, 3.8) is 0 Å². The van der Waals surface area contributed by atoms with Gasteiger partial charge in [0, 0.05) is 22.5 Å². The first-order valence-corrected chi connectivity index (χ1v) is 11.9. The van der Waals surface area contributed by atoms with Crippen LogP contribution in [0.2, 0.25) is 5.02 Å². The normalized spacial score (nSPS) is 15.8. The molecule has 2 aromatic rings. The summed E-state index contributed by atoms with van der Waals surface area (Å²) in [5.74, 6) is -0.325. The van der Waals surface area contributed by atoms with Crippen LogP contribution in [0.1, 0.15) is 29.0 Å². The Labute approximate surface area is 204 Å². The second-order valence-electron chi connectivity index (χ2n) is 7.30. The Morgan fingerprint density at radius 3 is 2.62 bits per heavy atom. The fraction of sp³-hybridized carbons (Fsp3) is 0.261. The molecule has 0 fully saturated rings. The molecular weight excluding hydrogens is 514 g/mol. The van der Waals surface area contributed by atoms with Gasteiger partial charge in [-0.05, 0) is 54.8 Å². The van der Waals surface area contributed by atoms with E-state index in [0.29, 0.717) is 21.4 Å². The van der Waals surface area contributed by atoms with Gasteiger partial charge in [-0.1, -0.05) is 45.4 Å². The van der Waals surface area contributed by atoms with Gasteiger partial charge in [-0.3, -0.25) is 9.59 Å². The summed E-state index contributed by atoms with van der Waals surface area (Å²) in [6, 6.07) is 11.3. The van der Waals surface area contributed by atoms with Gasteiger partial charge in [0.2, 0.25) is 11.8 Å². The number of rotatable bonds is 6. The van der Waals surface area contributed by atoms with E-state index in [4.69, 9.17) is 16.3 Å². The SMILES string of the molecule is COc1ccc([C@@H]2CC(=O)NC(SCC(=O)Nc3c(C)cc(Br)cc3C)=C2C#N)cc1Cl. The molecule has 0 saturated carbocycles. The van der Waals surface area contributed by atoms with Crippen LogP contribution in [0, 0.1) is 25.2 Å². The zero-order chi connectivity index (χ0) is 23.4. The summed E-state index contributed by atoms with van der Waals surface area (Å²) in [7, 11) is 1.52. The van der Waals surface area contributed by atoms with E-state index in [9.17, 15) is 14.9 Å². The molecule has 9 heteroatoms. The maximum atomic E-state index is 12.6.